The lowest BCUT2D eigenvalue weighted by Gasteiger charge is -2.22. The molecule has 5 nitrogen and oxygen atoms in total. The van der Waals surface area contributed by atoms with Crippen molar-refractivity contribution in [2.24, 2.45) is 0 Å². The topological polar surface area (TPSA) is 44.9 Å². The van der Waals surface area contributed by atoms with Crippen molar-refractivity contribution < 1.29 is 13.5 Å². The number of rotatable bonds is 3. The van der Waals surface area contributed by atoms with Gasteiger partial charge >= 0.3 is 6.55 Å². The van der Waals surface area contributed by atoms with Crippen LogP contribution in [0.25, 0.3) is 11.3 Å². The molecule has 1 saturated heterocycles. The predicted molar refractivity (Wildman–Crippen MR) is 71.2 cm³/mol. The molecule has 3 rings (SSSR count). The van der Waals surface area contributed by atoms with E-state index in [-0.39, 0.29) is 6.23 Å². The maximum Gasteiger partial charge on any atom is 0.333 e. The van der Waals surface area contributed by atoms with Gasteiger partial charge in [0.1, 0.15) is 6.23 Å². The zero-order chi connectivity index (χ0) is 14.1. The second-order valence-electron chi connectivity index (χ2n) is 4.59. The van der Waals surface area contributed by atoms with Crippen LogP contribution in [0.15, 0.2) is 23.1 Å². The highest BCUT2D eigenvalue weighted by molar-refractivity contribution is 9.10. The molecule has 0 bridgehead atoms. The summed E-state index contributed by atoms with van der Waals surface area (Å²) in [6.07, 6.45) is 7.54. The molecule has 1 unspecified atom stereocenters. The van der Waals surface area contributed by atoms with Gasteiger partial charge < -0.3 is 4.74 Å². The Balaban J connectivity index is 1.91. The fourth-order valence-corrected chi connectivity index (χ4v) is 2.81. The van der Waals surface area contributed by atoms with E-state index >= 15 is 0 Å². The third-order valence-electron chi connectivity index (χ3n) is 3.26. The number of hydrogen-bond donors (Lipinski definition) is 0. The van der Waals surface area contributed by atoms with Crippen LogP contribution in [0.1, 0.15) is 32.0 Å². The molecular weight excluding hydrogens is 334 g/mol. The molecule has 0 aliphatic carbocycles. The highest BCUT2D eigenvalue weighted by atomic mass is 79.9. The minimum atomic E-state index is -2.69. The molecule has 2 aromatic rings. The molecule has 0 aromatic carbocycles. The quantitative estimate of drug-likeness (QED) is 0.852. The zero-order valence-corrected chi connectivity index (χ0v) is 12.1. The van der Waals surface area contributed by atoms with Crippen molar-refractivity contribution in [3.63, 3.8) is 0 Å². The van der Waals surface area contributed by atoms with Gasteiger partial charge in [-0.1, -0.05) is 0 Å². The number of alkyl halides is 2. The van der Waals surface area contributed by atoms with Gasteiger partial charge in [-0.25, -0.2) is 9.36 Å². The van der Waals surface area contributed by atoms with Crippen LogP contribution in [0.5, 0.6) is 0 Å². The summed E-state index contributed by atoms with van der Waals surface area (Å²) in [6, 6.07) is 0. The molecule has 0 amide bonds. The van der Waals surface area contributed by atoms with E-state index in [0.29, 0.717) is 27.0 Å². The lowest BCUT2D eigenvalue weighted by Crippen LogP contribution is -2.18. The maximum atomic E-state index is 12.9. The van der Waals surface area contributed by atoms with Crippen molar-refractivity contribution >= 4 is 15.9 Å². The van der Waals surface area contributed by atoms with Gasteiger partial charge in [0.25, 0.3) is 0 Å². The minimum absolute atomic E-state index is 0.112. The molecule has 1 aliphatic rings. The van der Waals surface area contributed by atoms with E-state index in [1.807, 2.05) is 0 Å². The highest BCUT2D eigenvalue weighted by Gasteiger charge is 2.21. The SMILES string of the molecule is FC(F)n1ncc(Br)c1-c1cnn(C2CCCCO2)c1. The second-order valence-corrected chi connectivity index (χ2v) is 5.45. The van der Waals surface area contributed by atoms with E-state index in [9.17, 15) is 8.78 Å². The van der Waals surface area contributed by atoms with Crippen LogP contribution >= 0.6 is 15.9 Å². The second kappa shape index (κ2) is 5.61. The van der Waals surface area contributed by atoms with Crippen molar-refractivity contribution in [2.75, 3.05) is 6.61 Å². The number of aromatic nitrogens is 4. The van der Waals surface area contributed by atoms with E-state index in [4.69, 9.17) is 4.74 Å². The summed E-state index contributed by atoms with van der Waals surface area (Å²) in [6.45, 7) is -1.98. The van der Waals surface area contributed by atoms with Gasteiger partial charge in [-0.3, -0.25) is 0 Å². The Labute approximate surface area is 122 Å². The smallest absolute Gasteiger partial charge is 0.333 e. The molecular formula is C12H13BrF2N4O. The summed E-state index contributed by atoms with van der Waals surface area (Å²) in [5.74, 6) is 0. The van der Waals surface area contributed by atoms with Crippen molar-refractivity contribution in [3.8, 4) is 11.3 Å². The van der Waals surface area contributed by atoms with E-state index in [1.165, 1.54) is 6.20 Å². The Kier molecular flexibility index (Phi) is 3.84. The summed E-state index contributed by atoms with van der Waals surface area (Å²) in [4.78, 5) is 0. The van der Waals surface area contributed by atoms with Crippen LogP contribution in [0, 0.1) is 0 Å². The van der Waals surface area contributed by atoms with Crippen LogP contribution < -0.4 is 0 Å². The van der Waals surface area contributed by atoms with Crippen LogP contribution in [0.4, 0.5) is 8.78 Å². The number of nitrogens with zero attached hydrogens (tertiary/aromatic N) is 4. The molecule has 0 N–H and O–H groups in total. The Hall–Kier alpha value is -1.28. The Morgan fingerprint density at radius 2 is 2.15 bits per heavy atom. The maximum absolute atomic E-state index is 12.9. The molecule has 0 radical (unpaired) electrons. The lowest BCUT2D eigenvalue weighted by molar-refractivity contribution is -0.0394. The largest absolute Gasteiger partial charge is 0.357 e. The summed E-state index contributed by atoms with van der Waals surface area (Å²) in [5, 5.41) is 7.89. The summed E-state index contributed by atoms with van der Waals surface area (Å²) >= 11 is 3.24. The molecule has 3 heterocycles. The van der Waals surface area contributed by atoms with E-state index in [1.54, 1.807) is 17.1 Å². The third-order valence-corrected chi connectivity index (χ3v) is 3.84. The summed E-state index contributed by atoms with van der Waals surface area (Å²) < 4.78 is 34.3. The van der Waals surface area contributed by atoms with Gasteiger partial charge in [0, 0.05) is 18.4 Å². The fourth-order valence-electron chi connectivity index (χ4n) is 2.31. The van der Waals surface area contributed by atoms with Crippen LogP contribution in [-0.4, -0.2) is 26.2 Å². The Bertz CT molecular complexity index is 592. The Morgan fingerprint density at radius 3 is 2.85 bits per heavy atom. The highest BCUT2D eigenvalue weighted by Crippen LogP contribution is 2.32. The molecule has 1 aliphatic heterocycles. The monoisotopic (exact) mass is 346 g/mol. The summed E-state index contributed by atoms with van der Waals surface area (Å²) in [7, 11) is 0. The number of hydrogen-bond acceptors (Lipinski definition) is 3. The lowest BCUT2D eigenvalue weighted by atomic mass is 10.2. The fraction of sp³-hybridized carbons (Fsp3) is 0.500. The van der Waals surface area contributed by atoms with Crippen LogP contribution in [0.2, 0.25) is 0 Å². The van der Waals surface area contributed by atoms with Crippen molar-refractivity contribution in [3.05, 3.63) is 23.1 Å². The first-order chi connectivity index (χ1) is 9.66. The van der Waals surface area contributed by atoms with Gasteiger partial charge in [-0.15, -0.1) is 0 Å². The van der Waals surface area contributed by atoms with Gasteiger partial charge in [0.2, 0.25) is 0 Å². The van der Waals surface area contributed by atoms with E-state index in [0.717, 1.165) is 19.3 Å². The van der Waals surface area contributed by atoms with Crippen LogP contribution in [0.3, 0.4) is 0 Å². The Morgan fingerprint density at radius 1 is 1.30 bits per heavy atom. The van der Waals surface area contributed by atoms with Crippen LogP contribution in [-0.2, 0) is 4.74 Å². The molecule has 1 fully saturated rings. The molecule has 20 heavy (non-hydrogen) atoms. The standard InChI is InChI=1S/C12H13BrF2N4O/c13-9-6-17-19(12(14)15)11(9)8-5-16-18(7-8)10-3-1-2-4-20-10/h5-7,10,12H,1-4H2. The molecule has 0 saturated carbocycles. The van der Waals surface area contributed by atoms with Gasteiger partial charge in [-0.05, 0) is 35.2 Å². The van der Waals surface area contributed by atoms with Crippen molar-refractivity contribution in [1.29, 1.82) is 0 Å². The molecule has 2 aromatic heterocycles. The number of ether oxygens (including phenoxy) is 1. The molecule has 1 atom stereocenters. The number of halogens is 3. The molecule has 8 heteroatoms. The van der Waals surface area contributed by atoms with Gasteiger partial charge in [0.05, 0.1) is 22.6 Å². The van der Waals surface area contributed by atoms with E-state index in [2.05, 4.69) is 26.1 Å². The first kappa shape index (κ1) is 13.7. The summed E-state index contributed by atoms with van der Waals surface area (Å²) in [5.41, 5.74) is 0.908. The zero-order valence-electron chi connectivity index (χ0n) is 10.5. The predicted octanol–water partition coefficient (Wildman–Crippen LogP) is 3.60. The molecule has 0 spiro atoms. The van der Waals surface area contributed by atoms with Gasteiger partial charge in [-0.2, -0.15) is 19.0 Å². The normalized spacial score (nSPS) is 19.7. The van der Waals surface area contributed by atoms with E-state index < -0.39 is 6.55 Å². The minimum Gasteiger partial charge on any atom is -0.357 e. The molecule has 108 valence electrons. The van der Waals surface area contributed by atoms with Crippen molar-refractivity contribution in [1.82, 2.24) is 19.6 Å². The van der Waals surface area contributed by atoms with Crippen molar-refractivity contribution in [2.45, 2.75) is 32.0 Å². The first-order valence-corrected chi connectivity index (χ1v) is 7.13. The first-order valence-electron chi connectivity index (χ1n) is 6.34. The van der Waals surface area contributed by atoms with Gasteiger partial charge in [0.15, 0.2) is 0 Å². The third kappa shape index (κ3) is 2.49. The average molecular weight is 347 g/mol. The average Bonchev–Trinajstić information content (AvgIpc) is 3.06.